The van der Waals surface area contributed by atoms with Crippen LogP contribution in [0.2, 0.25) is 0 Å². The van der Waals surface area contributed by atoms with E-state index in [2.05, 4.69) is 15.3 Å². The number of nitrogens with one attached hydrogen (secondary N) is 1. The number of hydrogen-bond donors (Lipinski definition) is 1. The molecule has 0 aliphatic heterocycles. The number of sulfone groups is 1. The van der Waals surface area contributed by atoms with E-state index in [1.165, 1.54) is 34.8 Å². The van der Waals surface area contributed by atoms with E-state index in [1.807, 2.05) is 5.38 Å². The van der Waals surface area contributed by atoms with Crippen molar-refractivity contribution in [2.45, 2.75) is 4.90 Å². The van der Waals surface area contributed by atoms with Crippen LogP contribution in [0, 0.1) is 0 Å². The minimum absolute atomic E-state index is 0.199. The summed E-state index contributed by atoms with van der Waals surface area (Å²) in [4.78, 5) is 21.1. The van der Waals surface area contributed by atoms with Crippen LogP contribution in [0.25, 0.3) is 11.6 Å². The van der Waals surface area contributed by atoms with Gasteiger partial charge < -0.3 is 0 Å². The van der Waals surface area contributed by atoms with Gasteiger partial charge in [-0.3, -0.25) is 10.1 Å². The molecule has 128 valence electrons. The van der Waals surface area contributed by atoms with Gasteiger partial charge in [-0.05, 0) is 23.8 Å². The number of rotatable bonds is 5. The van der Waals surface area contributed by atoms with E-state index in [9.17, 15) is 13.2 Å². The zero-order valence-corrected chi connectivity index (χ0v) is 15.5. The van der Waals surface area contributed by atoms with Gasteiger partial charge in [0.05, 0.1) is 4.90 Å². The lowest BCUT2D eigenvalue weighted by Gasteiger charge is -2.08. The fourth-order valence-corrected chi connectivity index (χ4v) is 3.76. The third kappa shape index (κ3) is 4.38. The average Bonchev–Trinajstić information content (AvgIpc) is 3.25. The minimum atomic E-state index is -3.30. The van der Waals surface area contributed by atoms with Gasteiger partial charge in [0.25, 0.3) is 5.91 Å². The monoisotopic (exact) mass is 391 g/mol. The van der Waals surface area contributed by atoms with Gasteiger partial charge >= 0.3 is 0 Å². The molecule has 0 atom stereocenters. The molecule has 3 rings (SSSR count). The number of anilines is 1. The summed E-state index contributed by atoms with van der Waals surface area (Å²) >= 11 is 2.72. The fraction of sp³-hybridized carbons (Fsp3) is 0.0625. The van der Waals surface area contributed by atoms with Gasteiger partial charge in [0.2, 0.25) is 0 Å². The molecule has 0 saturated heterocycles. The Bertz CT molecular complexity index is 991. The van der Waals surface area contributed by atoms with Gasteiger partial charge in [0.15, 0.2) is 15.0 Å². The van der Waals surface area contributed by atoms with Gasteiger partial charge in [-0.2, -0.15) is 0 Å². The number of amides is 1. The highest BCUT2D eigenvalue weighted by atomic mass is 32.2. The van der Waals surface area contributed by atoms with Crippen LogP contribution in [0.4, 0.5) is 5.13 Å². The summed E-state index contributed by atoms with van der Waals surface area (Å²) in [6.45, 7) is 0. The second-order valence-corrected chi connectivity index (χ2v) is 8.85. The maximum Gasteiger partial charge on any atom is 0.258 e. The van der Waals surface area contributed by atoms with E-state index >= 15 is 0 Å². The molecule has 0 fully saturated rings. The Labute approximate surface area is 152 Å². The maximum absolute atomic E-state index is 12.7. The van der Waals surface area contributed by atoms with Crippen LogP contribution < -0.4 is 5.32 Å². The third-order valence-electron chi connectivity index (χ3n) is 3.21. The van der Waals surface area contributed by atoms with Crippen molar-refractivity contribution in [3.63, 3.8) is 0 Å². The molecule has 0 bridgehead atoms. The van der Waals surface area contributed by atoms with E-state index in [-0.39, 0.29) is 10.8 Å². The van der Waals surface area contributed by atoms with Gasteiger partial charge in [-0.25, -0.2) is 18.4 Å². The molecule has 1 N–H and O–H groups in total. The summed E-state index contributed by atoms with van der Waals surface area (Å²) < 4.78 is 23.2. The lowest BCUT2D eigenvalue weighted by atomic mass is 10.1. The first-order valence-corrected chi connectivity index (χ1v) is 10.7. The first-order valence-electron chi connectivity index (χ1n) is 7.06. The topological polar surface area (TPSA) is 89.0 Å². The van der Waals surface area contributed by atoms with Crippen molar-refractivity contribution in [3.05, 3.63) is 58.0 Å². The molecule has 2 aromatic heterocycles. The van der Waals surface area contributed by atoms with Crippen molar-refractivity contribution in [1.29, 1.82) is 0 Å². The van der Waals surface area contributed by atoms with Crippen LogP contribution in [-0.4, -0.2) is 30.5 Å². The van der Waals surface area contributed by atoms with Crippen molar-refractivity contribution in [2.75, 3.05) is 11.6 Å². The molecule has 9 heteroatoms. The highest BCUT2D eigenvalue weighted by Crippen LogP contribution is 2.23. The molecule has 0 radical (unpaired) electrons. The quantitative estimate of drug-likeness (QED) is 0.675. The molecule has 0 aliphatic rings. The Hall–Kier alpha value is -2.36. The lowest BCUT2D eigenvalue weighted by molar-refractivity contribution is -0.111. The van der Waals surface area contributed by atoms with E-state index in [0.29, 0.717) is 21.3 Å². The number of thiazole rings is 2. The third-order valence-corrected chi connectivity index (χ3v) is 5.75. The maximum atomic E-state index is 12.7. The first-order chi connectivity index (χ1) is 11.9. The van der Waals surface area contributed by atoms with Crippen LogP contribution in [-0.2, 0) is 14.6 Å². The van der Waals surface area contributed by atoms with Crippen molar-refractivity contribution < 1.29 is 13.2 Å². The zero-order chi connectivity index (χ0) is 17.9. The molecule has 0 aliphatic carbocycles. The molecule has 1 aromatic carbocycles. The van der Waals surface area contributed by atoms with Gasteiger partial charge in [-0.15, -0.1) is 22.7 Å². The van der Waals surface area contributed by atoms with E-state index in [4.69, 9.17) is 0 Å². The van der Waals surface area contributed by atoms with Crippen LogP contribution in [0.5, 0.6) is 0 Å². The summed E-state index contributed by atoms with van der Waals surface area (Å²) in [5.41, 5.74) is 0.974. The zero-order valence-electron chi connectivity index (χ0n) is 13.0. The molecule has 2 heterocycles. The van der Waals surface area contributed by atoms with E-state index in [0.717, 1.165) is 6.26 Å². The molecule has 0 unspecified atom stereocenters. The summed E-state index contributed by atoms with van der Waals surface area (Å²) in [5.74, 6) is -0.336. The Kier molecular flexibility index (Phi) is 5.07. The van der Waals surface area contributed by atoms with Crippen LogP contribution in [0.1, 0.15) is 10.6 Å². The number of carbonyl (C=O) groups excluding carboxylic acids is 1. The van der Waals surface area contributed by atoms with E-state index < -0.39 is 9.84 Å². The summed E-state index contributed by atoms with van der Waals surface area (Å²) in [6.07, 6.45) is 6.07. The van der Waals surface area contributed by atoms with Crippen molar-refractivity contribution >= 4 is 55.2 Å². The second kappa shape index (κ2) is 7.26. The lowest BCUT2D eigenvalue weighted by Crippen LogP contribution is -2.13. The van der Waals surface area contributed by atoms with Crippen molar-refractivity contribution in [1.82, 2.24) is 9.97 Å². The van der Waals surface area contributed by atoms with Crippen LogP contribution in [0.15, 0.2) is 52.3 Å². The number of aromatic nitrogens is 2. The number of hydrogen-bond acceptors (Lipinski definition) is 7. The standard InChI is InChI=1S/C16H13N3O3S3/c1-25(21,22)12-4-2-11(3-5-12)13(10-14-17-6-8-23-14)15(20)19-16-18-7-9-24-16/h2-10H,1H3,(H,18,19,20). The van der Waals surface area contributed by atoms with Crippen LogP contribution in [0.3, 0.4) is 0 Å². The molecule has 25 heavy (non-hydrogen) atoms. The Morgan fingerprint density at radius 1 is 1.08 bits per heavy atom. The Morgan fingerprint density at radius 3 is 2.32 bits per heavy atom. The highest BCUT2D eigenvalue weighted by Gasteiger charge is 2.15. The Morgan fingerprint density at radius 2 is 1.76 bits per heavy atom. The molecule has 6 nitrogen and oxygen atoms in total. The molecule has 1 amide bonds. The largest absolute Gasteiger partial charge is 0.298 e. The first kappa shape index (κ1) is 17.5. The van der Waals surface area contributed by atoms with Gasteiger partial charge in [0, 0.05) is 35.0 Å². The fourth-order valence-electron chi connectivity index (χ4n) is 2.04. The van der Waals surface area contributed by atoms with Gasteiger partial charge in [0.1, 0.15) is 5.01 Å². The number of carbonyl (C=O) groups is 1. The second-order valence-electron chi connectivity index (χ2n) is 5.02. The minimum Gasteiger partial charge on any atom is -0.298 e. The molecular formula is C16H13N3O3S3. The molecule has 0 spiro atoms. The number of nitrogens with zero attached hydrogens (tertiary/aromatic N) is 2. The summed E-state index contributed by atoms with van der Waals surface area (Å²) in [5, 5.41) is 7.48. The van der Waals surface area contributed by atoms with Crippen LogP contribution >= 0.6 is 22.7 Å². The smallest absolute Gasteiger partial charge is 0.258 e. The van der Waals surface area contributed by atoms with Gasteiger partial charge in [-0.1, -0.05) is 12.1 Å². The predicted molar refractivity (Wildman–Crippen MR) is 100 cm³/mol. The Balaban J connectivity index is 1.98. The summed E-state index contributed by atoms with van der Waals surface area (Å²) in [7, 11) is -3.30. The highest BCUT2D eigenvalue weighted by molar-refractivity contribution is 7.90. The average molecular weight is 391 g/mol. The summed E-state index contributed by atoms with van der Waals surface area (Å²) in [6, 6.07) is 6.18. The predicted octanol–water partition coefficient (Wildman–Crippen LogP) is 3.18. The van der Waals surface area contributed by atoms with E-state index in [1.54, 1.807) is 36.0 Å². The molecule has 0 saturated carbocycles. The van der Waals surface area contributed by atoms with Crippen molar-refractivity contribution in [2.24, 2.45) is 0 Å². The number of benzene rings is 1. The molecular weight excluding hydrogens is 378 g/mol. The SMILES string of the molecule is CS(=O)(=O)c1ccc(C(=Cc2nccs2)C(=O)Nc2nccs2)cc1. The van der Waals surface area contributed by atoms with Crippen molar-refractivity contribution in [3.8, 4) is 0 Å². The molecule has 3 aromatic rings. The normalized spacial score (nSPS) is 12.1.